The second kappa shape index (κ2) is 9.03. The number of benzene rings is 1. The van der Waals surface area contributed by atoms with Crippen LogP contribution in [0.1, 0.15) is 13.8 Å². The van der Waals surface area contributed by atoms with E-state index in [1.165, 1.54) is 13.1 Å². The van der Waals surface area contributed by atoms with Crippen LogP contribution in [0.15, 0.2) is 42.6 Å². The van der Waals surface area contributed by atoms with Gasteiger partial charge in [0.05, 0.1) is 30.5 Å². The second-order valence-corrected chi connectivity index (χ2v) is 5.13. The van der Waals surface area contributed by atoms with Gasteiger partial charge in [-0.15, -0.1) is 0 Å². The lowest BCUT2D eigenvalue weighted by Gasteiger charge is -2.11. The molecule has 8 nitrogen and oxygen atoms in total. The van der Waals surface area contributed by atoms with E-state index in [4.69, 9.17) is 10.1 Å². The molecule has 0 unspecified atom stereocenters. The molecule has 0 saturated carbocycles. The Bertz CT molecular complexity index is 759. The maximum absolute atomic E-state index is 9.45. The molecule has 0 bridgehead atoms. The van der Waals surface area contributed by atoms with Gasteiger partial charge in [-0.1, -0.05) is 18.2 Å². The minimum atomic E-state index is -4.42. The number of hydrogen-bond acceptors (Lipinski definition) is 7. The first-order chi connectivity index (χ1) is 10.9. The van der Waals surface area contributed by atoms with Crippen molar-refractivity contribution in [3.05, 3.63) is 48.0 Å². The molecule has 0 fully saturated rings. The molecule has 0 saturated heterocycles. The Morgan fingerprint density at radius 2 is 1.87 bits per heavy atom. The molecule has 0 spiro atoms. The van der Waals surface area contributed by atoms with E-state index in [2.05, 4.69) is 9.28 Å². The normalized spacial score (nSPS) is 10.6. The van der Waals surface area contributed by atoms with Crippen LogP contribution < -0.4 is 10.1 Å². The first kappa shape index (κ1) is 18.8. The molecule has 126 valence electrons. The lowest BCUT2D eigenvalue weighted by Crippen LogP contribution is -2.12. The summed E-state index contributed by atoms with van der Waals surface area (Å²) in [6.07, 6.45) is 1.50. The highest BCUT2D eigenvalue weighted by Crippen LogP contribution is 2.13. The number of nitrogens with one attached hydrogen (secondary N) is 1. The summed E-state index contributed by atoms with van der Waals surface area (Å²) in [7, 11) is -4.42. The van der Waals surface area contributed by atoms with Gasteiger partial charge in [0, 0.05) is 6.07 Å². The van der Waals surface area contributed by atoms with Gasteiger partial charge in [0.25, 0.3) is 0 Å². The Balaban J connectivity index is 0.000000322. The molecule has 1 aromatic carbocycles. The third-order valence-electron chi connectivity index (χ3n) is 2.36. The molecule has 9 heteroatoms. The predicted molar refractivity (Wildman–Crippen MR) is 81.9 cm³/mol. The lowest BCUT2D eigenvalue weighted by molar-refractivity contribution is 0.275. The van der Waals surface area contributed by atoms with Gasteiger partial charge in [0.1, 0.15) is 0 Å². The maximum atomic E-state index is 9.45. The minimum absolute atomic E-state index is 0.0914. The van der Waals surface area contributed by atoms with Crippen LogP contribution in [0.5, 0.6) is 5.88 Å². The van der Waals surface area contributed by atoms with Crippen LogP contribution in [-0.4, -0.2) is 36.0 Å². The summed E-state index contributed by atoms with van der Waals surface area (Å²) >= 11 is 0. The Morgan fingerprint density at radius 3 is 2.35 bits per heavy atom. The molecule has 0 atom stereocenters. The van der Waals surface area contributed by atoms with Crippen molar-refractivity contribution in [3.8, 4) is 11.6 Å². The quantitative estimate of drug-likeness (QED) is 0.646. The molecular weight excluding hydrogens is 322 g/mol. The average molecular weight is 340 g/mol. The minimum Gasteiger partial charge on any atom is -0.726 e. The van der Waals surface area contributed by atoms with Gasteiger partial charge in [-0.05, 0) is 26.0 Å². The standard InChI is InChI=1S/C12H13N3O.C2H6O4S/c1-2-16-12-8-10(13)9-14-15(12)11-6-4-3-5-7-11;1-2-6-7(3,4)5/h3-9,13H,2H2,1H3;2H2,1H3,(H,3,4,5)/p-1. The van der Waals surface area contributed by atoms with Crippen LogP contribution in [-0.2, 0) is 14.6 Å². The molecule has 23 heavy (non-hydrogen) atoms. The first-order valence-electron chi connectivity index (χ1n) is 6.79. The molecule has 0 amide bonds. The highest BCUT2D eigenvalue weighted by atomic mass is 32.3. The van der Waals surface area contributed by atoms with Gasteiger partial charge in [0.2, 0.25) is 16.3 Å². The van der Waals surface area contributed by atoms with E-state index >= 15 is 0 Å². The third-order valence-corrected chi connectivity index (χ3v) is 2.88. The highest BCUT2D eigenvalue weighted by Gasteiger charge is 2.03. The smallest absolute Gasteiger partial charge is 0.217 e. The van der Waals surface area contributed by atoms with Crippen molar-refractivity contribution in [1.29, 1.82) is 5.41 Å². The van der Waals surface area contributed by atoms with Crippen LogP contribution in [0.2, 0.25) is 0 Å². The monoisotopic (exact) mass is 340 g/mol. The van der Waals surface area contributed by atoms with Crippen LogP contribution in [0, 0.1) is 5.41 Å². The molecule has 2 aromatic rings. The van der Waals surface area contributed by atoms with E-state index in [0.717, 1.165) is 5.69 Å². The van der Waals surface area contributed by atoms with Gasteiger partial charge in [-0.3, -0.25) is 9.59 Å². The zero-order chi connectivity index (χ0) is 17.3. The zero-order valence-electron chi connectivity index (χ0n) is 12.8. The van der Waals surface area contributed by atoms with Gasteiger partial charge >= 0.3 is 0 Å². The van der Waals surface area contributed by atoms with Crippen molar-refractivity contribution >= 4 is 10.4 Å². The fourth-order valence-electron chi connectivity index (χ4n) is 1.57. The first-order valence-corrected chi connectivity index (χ1v) is 8.13. The molecule has 0 aliphatic heterocycles. The van der Waals surface area contributed by atoms with E-state index in [9.17, 15) is 13.0 Å². The van der Waals surface area contributed by atoms with Crippen molar-refractivity contribution < 1.29 is 21.9 Å². The molecule has 0 radical (unpaired) electrons. The van der Waals surface area contributed by atoms with E-state index in [-0.39, 0.29) is 6.61 Å². The Labute approximate surface area is 134 Å². The van der Waals surface area contributed by atoms with Gasteiger partial charge in [-0.25, -0.2) is 13.1 Å². The van der Waals surface area contributed by atoms with Crippen LogP contribution in [0.4, 0.5) is 0 Å². The summed E-state index contributed by atoms with van der Waals surface area (Å²) < 4.78 is 39.1. The molecule has 0 aliphatic carbocycles. The molecule has 0 aliphatic rings. The molecule has 1 N–H and O–H groups in total. The Hall–Kier alpha value is -2.23. The lowest BCUT2D eigenvalue weighted by atomic mass is 10.3. The summed E-state index contributed by atoms with van der Waals surface area (Å²) in [5.41, 5.74) is 0.922. The van der Waals surface area contributed by atoms with Gasteiger partial charge in [0.15, 0.2) is 0 Å². The Kier molecular flexibility index (Phi) is 7.39. The van der Waals surface area contributed by atoms with Crippen molar-refractivity contribution in [1.82, 2.24) is 9.78 Å². The number of ether oxygens (including phenoxy) is 1. The largest absolute Gasteiger partial charge is 0.726 e. The summed E-state index contributed by atoms with van der Waals surface area (Å²) in [6.45, 7) is 3.80. The average Bonchev–Trinajstić information content (AvgIpc) is 2.48. The van der Waals surface area contributed by atoms with Crippen molar-refractivity contribution in [2.75, 3.05) is 13.2 Å². The molecule has 1 heterocycles. The van der Waals surface area contributed by atoms with E-state index in [1.54, 1.807) is 10.7 Å². The van der Waals surface area contributed by atoms with E-state index < -0.39 is 10.4 Å². The fraction of sp³-hybridized carbons (Fsp3) is 0.286. The van der Waals surface area contributed by atoms with Crippen LogP contribution in [0.3, 0.4) is 0 Å². The van der Waals surface area contributed by atoms with Gasteiger partial charge < -0.3 is 9.29 Å². The summed E-state index contributed by atoms with van der Waals surface area (Å²) in [5.74, 6) is 0.584. The van der Waals surface area contributed by atoms with Crippen molar-refractivity contribution in [3.63, 3.8) is 0 Å². The fourth-order valence-corrected chi connectivity index (χ4v) is 1.86. The predicted octanol–water partition coefficient (Wildman–Crippen LogP) is 1.23. The maximum Gasteiger partial charge on any atom is 0.217 e. The number of hydrogen-bond donors (Lipinski definition) is 1. The highest BCUT2D eigenvalue weighted by molar-refractivity contribution is 7.80. The van der Waals surface area contributed by atoms with Crippen LogP contribution in [0.25, 0.3) is 5.69 Å². The number of nitrogens with zero attached hydrogens (tertiary/aromatic N) is 2. The zero-order valence-corrected chi connectivity index (χ0v) is 13.6. The van der Waals surface area contributed by atoms with Crippen LogP contribution >= 0.6 is 0 Å². The molecular formula is C14H18N3O5S-. The van der Waals surface area contributed by atoms with Gasteiger partial charge in [-0.2, -0.15) is 5.10 Å². The van der Waals surface area contributed by atoms with E-state index in [0.29, 0.717) is 17.8 Å². The van der Waals surface area contributed by atoms with E-state index in [1.807, 2.05) is 37.3 Å². The van der Waals surface area contributed by atoms with Crippen molar-refractivity contribution in [2.24, 2.45) is 0 Å². The number of rotatable bonds is 5. The number of para-hydroxylation sites is 1. The summed E-state index contributed by atoms with van der Waals surface area (Å²) in [6, 6.07) is 11.4. The molecule has 2 rings (SSSR count). The SMILES string of the molecule is CCOS(=O)(=O)[O-].CCOc1cc(=N)cnn1-c1ccccc1. The van der Waals surface area contributed by atoms with Crippen molar-refractivity contribution in [2.45, 2.75) is 13.8 Å². The Morgan fingerprint density at radius 1 is 1.22 bits per heavy atom. The third kappa shape index (κ3) is 7.04. The summed E-state index contributed by atoms with van der Waals surface area (Å²) in [4.78, 5) is 0. The summed E-state index contributed by atoms with van der Waals surface area (Å²) in [5, 5.41) is 12.0. The number of aromatic nitrogens is 2. The molecule has 1 aromatic heterocycles. The second-order valence-electron chi connectivity index (χ2n) is 4.08. The topological polar surface area (TPSA) is 117 Å².